The maximum atomic E-state index is 12.5. The minimum absolute atomic E-state index is 0.0288. The number of pyridine rings is 1. The lowest BCUT2D eigenvalue weighted by atomic mass is 9.92. The molecule has 6 nitrogen and oxygen atoms in total. The van der Waals surface area contributed by atoms with E-state index in [1.54, 1.807) is 6.92 Å². The van der Waals surface area contributed by atoms with E-state index in [1.807, 2.05) is 30.3 Å². The maximum Gasteiger partial charge on any atom is 0.225 e. The number of Topliss-reactive ketones (excluding diaryl/α,β-unsaturated/α-hetero) is 1. The first-order valence-electron chi connectivity index (χ1n) is 11.4. The Morgan fingerprint density at radius 3 is 2.74 bits per heavy atom. The van der Waals surface area contributed by atoms with Crippen LogP contribution in [0.4, 0.5) is 5.82 Å². The van der Waals surface area contributed by atoms with Gasteiger partial charge in [-0.1, -0.05) is 36.4 Å². The number of benzene rings is 1. The summed E-state index contributed by atoms with van der Waals surface area (Å²) in [7, 11) is 0. The van der Waals surface area contributed by atoms with E-state index in [9.17, 15) is 9.59 Å². The first-order chi connectivity index (χ1) is 15.1. The number of hydrogen-bond acceptors (Lipinski definition) is 5. The normalized spacial score (nSPS) is 17.2. The summed E-state index contributed by atoms with van der Waals surface area (Å²) < 4.78 is 0. The number of carbonyl (C=O) groups excluding carboxylic acids is 2. The number of hydrogen-bond donors (Lipinski definition) is 2. The predicted octanol–water partition coefficient (Wildman–Crippen LogP) is 3.14. The van der Waals surface area contributed by atoms with Crippen molar-refractivity contribution in [1.29, 1.82) is 0 Å². The topological polar surface area (TPSA) is 74.3 Å². The molecule has 4 rings (SSSR count). The zero-order valence-electron chi connectivity index (χ0n) is 18.3. The first kappa shape index (κ1) is 21.5. The van der Waals surface area contributed by atoms with E-state index in [2.05, 4.69) is 27.7 Å². The summed E-state index contributed by atoms with van der Waals surface area (Å²) in [6, 6.07) is 13.9. The Morgan fingerprint density at radius 2 is 1.97 bits per heavy atom. The van der Waals surface area contributed by atoms with Crippen molar-refractivity contribution in [2.75, 3.05) is 31.5 Å². The molecule has 1 atom stereocenters. The number of aromatic nitrogens is 1. The van der Waals surface area contributed by atoms with Gasteiger partial charge in [0.1, 0.15) is 5.82 Å². The average molecular weight is 421 g/mol. The summed E-state index contributed by atoms with van der Waals surface area (Å²) >= 11 is 0. The van der Waals surface area contributed by atoms with Crippen molar-refractivity contribution in [3.05, 3.63) is 59.3 Å². The van der Waals surface area contributed by atoms with Gasteiger partial charge in [-0.2, -0.15) is 0 Å². The summed E-state index contributed by atoms with van der Waals surface area (Å²) in [5.74, 6) is 1.24. The van der Waals surface area contributed by atoms with Crippen LogP contribution in [0, 0.1) is 5.92 Å². The van der Waals surface area contributed by atoms with Crippen molar-refractivity contribution in [2.24, 2.45) is 5.92 Å². The summed E-state index contributed by atoms with van der Waals surface area (Å²) in [6.45, 7) is 4.59. The monoisotopic (exact) mass is 420 g/mol. The molecule has 6 heteroatoms. The number of nitrogens with zero attached hydrogens (tertiary/aromatic N) is 2. The second-order valence-electron chi connectivity index (χ2n) is 8.66. The smallest absolute Gasteiger partial charge is 0.225 e. The molecule has 1 saturated heterocycles. The maximum absolute atomic E-state index is 12.5. The Hall–Kier alpha value is -2.73. The molecule has 0 aliphatic carbocycles. The molecule has 0 bridgehead atoms. The Bertz CT molecular complexity index is 909. The van der Waals surface area contributed by atoms with E-state index in [0.717, 1.165) is 49.3 Å². The van der Waals surface area contributed by atoms with Gasteiger partial charge in [-0.15, -0.1) is 0 Å². The van der Waals surface area contributed by atoms with Crippen molar-refractivity contribution < 1.29 is 9.59 Å². The standard InChI is InChI=1S/C25H32N4O2/c1-18(30)23(19-8-3-2-4-9-19)29-16-21(17-29)25(31)27-14-6-5-11-22-13-12-20-10-7-15-26-24(20)28-22/h2-4,8-9,12-13,21,23H,5-7,10-11,14-17H2,1H3,(H,26,28)(H,27,31)/t23-/m1/s1. The summed E-state index contributed by atoms with van der Waals surface area (Å²) in [6.07, 6.45) is 5.16. The molecule has 1 aromatic heterocycles. The number of ketones is 1. The molecular formula is C25H32N4O2. The molecule has 1 aromatic carbocycles. The lowest BCUT2D eigenvalue weighted by Gasteiger charge is -2.42. The van der Waals surface area contributed by atoms with Gasteiger partial charge in [0.25, 0.3) is 0 Å². The third-order valence-electron chi connectivity index (χ3n) is 6.26. The number of aryl methyl sites for hydroxylation is 2. The predicted molar refractivity (Wildman–Crippen MR) is 122 cm³/mol. The molecule has 0 saturated carbocycles. The molecule has 164 valence electrons. The molecule has 1 fully saturated rings. The molecule has 0 unspecified atom stereocenters. The molecule has 1 amide bonds. The van der Waals surface area contributed by atoms with Crippen LogP contribution in [0.15, 0.2) is 42.5 Å². The summed E-state index contributed by atoms with van der Waals surface area (Å²) in [4.78, 5) is 31.4. The third-order valence-corrected chi connectivity index (χ3v) is 6.26. The van der Waals surface area contributed by atoms with Gasteiger partial charge in [-0.25, -0.2) is 4.98 Å². The number of amides is 1. The second kappa shape index (κ2) is 10.1. The van der Waals surface area contributed by atoms with E-state index in [4.69, 9.17) is 4.98 Å². The minimum Gasteiger partial charge on any atom is -0.370 e. The minimum atomic E-state index is -0.246. The fourth-order valence-electron chi connectivity index (χ4n) is 4.52. The van der Waals surface area contributed by atoms with E-state index < -0.39 is 0 Å². The first-order valence-corrected chi connectivity index (χ1v) is 11.4. The van der Waals surface area contributed by atoms with Crippen molar-refractivity contribution in [3.63, 3.8) is 0 Å². The number of fused-ring (bicyclic) bond motifs is 1. The van der Waals surface area contributed by atoms with Gasteiger partial charge in [0.05, 0.1) is 12.0 Å². The Balaban J connectivity index is 1.16. The zero-order valence-corrected chi connectivity index (χ0v) is 18.3. The van der Waals surface area contributed by atoms with Crippen LogP contribution >= 0.6 is 0 Å². The van der Waals surface area contributed by atoms with E-state index in [0.29, 0.717) is 19.6 Å². The summed E-state index contributed by atoms with van der Waals surface area (Å²) in [5, 5.41) is 6.45. The number of anilines is 1. The van der Waals surface area contributed by atoms with Crippen LogP contribution in [0.5, 0.6) is 0 Å². The largest absolute Gasteiger partial charge is 0.370 e. The molecule has 0 spiro atoms. The highest BCUT2D eigenvalue weighted by Crippen LogP contribution is 2.29. The highest BCUT2D eigenvalue weighted by atomic mass is 16.2. The third kappa shape index (κ3) is 5.31. The lowest BCUT2D eigenvalue weighted by molar-refractivity contribution is -0.136. The van der Waals surface area contributed by atoms with Gasteiger partial charge in [0.15, 0.2) is 5.78 Å². The number of nitrogens with one attached hydrogen (secondary N) is 2. The average Bonchev–Trinajstić information content (AvgIpc) is 2.75. The molecule has 0 radical (unpaired) electrons. The number of carbonyl (C=O) groups is 2. The Kier molecular flexibility index (Phi) is 6.97. The van der Waals surface area contributed by atoms with Crippen LogP contribution in [-0.2, 0) is 22.4 Å². The zero-order chi connectivity index (χ0) is 21.6. The lowest BCUT2D eigenvalue weighted by Crippen LogP contribution is -2.55. The molecule has 31 heavy (non-hydrogen) atoms. The second-order valence-corrected chi connectivity index (χ2v) is 8.66. The molecular weight excluding hydrogens is 388 g/mol. The van der Waals surface area contributed by atoms with Crippen LogP contribution < -0.4 is 10.6 Å². The van der Waals surface area contributed by atoms with Gasteiger partial charge in [-0.05, 0) is 56.2 Å². The Labute approximate surface area is 184 Å². The molecule has 2 aromatic rings. The van der Waals surface area contributed by atoms with Gasteiger partial charge in [-0.3, -0.25) is 14.5 Å². The Morgan fingerprint density at radius 1 is 1.16 bits per heavy atom. The van der Waals surface area contributed by atoms with Crippen LogP contribution in [0.2, 0.25) is 0 Å². The number of rotatable bonds is 9. The molecule has 2 aliphatic rings. The highest BCUT2D eigenvalue weighted by Gasteiger charge is 2.38. The summed E-state index contributed by atoms with van der Waals surface area (Å²) in [5.41, 5.74) is 3.43. The van der Waals surface area contributed by atoms with E-state index in [-0.39, 0.29) is 23.7 Å². The fourth-order valence-corrected chi connectivity index (χ4v) is 4.52. The van der Waals surface area contributed by atoms with Crippen LogP contribution in [-0.4, -0.2) is 47.8 Å². The highest BCUT2D eigenvalue weighted by molar-refractivity contribution is 5.84. The molecule has 3 heterocycles. The number of unbranched alkanes of at least 4 members (excludes halogenated alkanes) is 1. The van der Waals surface area contributed by atoms with Crippen molar-refractivity contribution in [1.82, 2.24) is 15.2 Å². The van der Waals surface area contributed by atoms with Gasteiger partial charge >= 0.3 is 0 Å². The van der Waals surface area contributed by atoms with Gasteiger partial charge in [0.2, 0.25) is 5.91 Å². The fraction of sp³-hybridized carbons (Fsp3) is 0.480. The van der Waals surface area contributed by atoms with E-state index >= 15 is 0 Å². The molecule has 2 N–H and O–H groups in total. The quantitative estimate of drug-likeness (QED) is 0.610. The van der Waals surface area contributed by atoms with Crippen molar-refractivity contribution in [3.8, 4) is 0 Å². The van der Waals surface area contributed by atoms with Gasteiger partial charge in [0, 0.05) is 31.9 Å². The SMILES string of the molecule is CC(=O)[C@H](c1ccccc1)N1CC(C(=O)NCCCCc2ccc3c(n2)NCCC3)C1. The van der Waals surface area contributed by atoms with Crippen LogP contribution in [0.25, 0.3) is 0 Å². The van der Waals surface area contributed by atoms with Crippen LogP contribution in [0.1, 0.15) is 49.0 Å². The van der Waals surface area contributed by atoms with Gasteiger partial charge < -0.3 is 10.6 Å². The number of likely N-dealkylation sites (tertiary alicyclic amines) is 1. The van der Waals surface area contributed by atoms with Crippen molar-refractivity contribution >= 4 is 17.5 Å². The van der Waals surface area contributed by atoms with Crippen molar-refractivity contribution in [2.45, 2.75) is 45.1 Å². The molecule has 2 aliphatic heterocycles. The van der Waals surface area contributed by atoms with E-state index in [1.165, 1.54) is 12.0 Å². The van der Waals surface area contributed by atoms with Crippen LogP contribution in [0.3, 0.4) is 0 Å².